The van der Waals surface area contributed by atoms with Gasteiger partial charge in [-0.25, -0.2) is 0 Å². The third-order valence-electron chi connectivity index (χ3n) is 5.25. The molecule has 6 heteroatoms. The van der Waals surface area contributed by atoms with Gasteiger partial charge >= 0.3 is 0 Å². The molecule has 0 saturated carbocycles. The highest BCUT2D eigenvalue weighted by Gasteiger charge is 2.32. The Morgan fingerprint density at radius 1 is 1.11 bits per heavy atom. The zero-order chi connectivity index (χ0) is 18.0. The molecule has 3 rings (SSSR count). The van der Waals surface area contributed by atoms with Crippen LogP contribution in [0.5, 0.6) is 0 Å². The van der Waals surface area contributed by atoms with Gasteiger partial charge in [-0.2, -0.15) is 0 Å². The highest BCUT2D eigenvalue weighted by Crippen LogP contribution is 2.21. The predicted molar refractivity (Wildman–Crippen MR) is 121 cm³/mol. The minimum absolute atomic E-state index is 0. The standard InChI is InChI=1S/C21H33N3O2.HI/c1-22-21(23-13-7-3-6-11-18-9-4-2-5-10-18)24-14-16-26-20(17-24)19-12-8-15-25-19;/h2,4-5,9-10,19-20H,3,6-8,11-17H2,1H3,(H,22,23);1H. The predicted octanol–water partition coefficient (Wildman–Crippen LogP) is 3.47. The number of aliphatic imine (C=N–C) groups is 1. The van der Waals surface area contributed by atoms with Crippen molar-refractivity contribution in [3.8, 4) is 0 Å². The van der Waals surface area contributed by atoms with Crippen molar-refractivity contribution < 1.29 is 9.47 Å². The molecule has 2 atom stereocenters. The molecule has 0 bridgehead atoms. The minimum Gasteiger partial charge on any atom is -0.375 e. The van der Waals surface area contributed by atoms with E-state index < -0.39 is 0 Å². The number of morpholine rings is 1. The Labute approximate surface area is 180 Å². The first kappa shape index (κ1) is 22.4. The van der Waals surface area contributed by atoms with Crippen LogP contribution in [0.3, 0.4) is 0 Å². The lowest BCUT2D eigenvalue weighted by Crippen LogP contribution is -2.53. The van der Waals surface area contributed by atoms with Crippen LogP contribution in [0.15, 0.2) is 35.3 Å². The van der Waals surface area contributed by atoms with Gasteiger partial charge in [0.2, 0.25) is 0 Å². The molecule has 1 aromatic rings. The SMILES string of the molecule is CN=C(NCCCCCc1ccccc1)N1CCOC(C2CCCO2)C1.I. The number of hydrogen-bond donors (Lipinski definition) is 1. The van der Waals surface area contributed by atoms with E-state index in [1.165, 1.54) is 31.2 Å². The lowest BCUT2D eigenvalue weighted by molar-refractivity contribution is -0.0816. The summed E-state index contributed by atoms with van der Waals surface area (Å²) in [6, 6.07) is 10.7. The van der Waals surface area contributed by atoms with Crippen molar-refractivity contribution in [1.82, 2.24) is 10.2 Å². The van der Waals surface area contributed by atoms with Crippen molar-refractivity contribution in [3.05, 3.63) is 35.9 Å². The summed E-state index contributed by atoms with van der Waals surface area (Å²) in [7, 11) is 1.87. The Kier molecular flexibility index (Phi) is 10.4. The smallest absolute Gasteiger partial charge is 0.193 e. The third-order valence-corrected chi connectivity index (χ3v) is 5.25. The highest BCUT2D eigenvalue weighted by molar-refractivity contribution is 14.0. The van der Waals surface area contributed by atoms with Gasteiger partial charge in [-0.1, -0.05) is 36.8 Å². The second-order valence-corrected chi connectivity index (χ2v) is 7.18. The van der Waals surface area contributed by atoms with E-state index in [0.717, 1.165) is 51.6 Å². The fourth-order valence-electron chi connectivity index (χ4n) is 3.80. The van der Waals surface area contributed by atoms with Gasteiger partial charge in [-0.05, 0) is 37.7 Å². The maximum absolute atomic E-state index is 5.94. The van der Waals surface area contributed by atoms with E-state index in [9.17, 15) is 0 Å². The zero-order valence-electron chi connectivity index (χ0n) is 16.4. The van der Waals surface area contributed by atoms with Crippen LogP contribution in [0.1, 0.15) is 37.7 Å². The van der Waals surface area contributed by atoms with Crippen LogP contribution >= 0.6 is 24.0 Å². The summed E-state index contributed by atoms with van der Waals surface area (Å²) in [4.78, 5) is 6.79. The van der Waals surface area contributed by atoms with Gasteiger partial charge in [0.15, 0.2) is 5.96 Å². The van der Waals surface area contributed by atoms with Gasteiger partial charge in [-0.15, -0.1) is 24.0 Å². The van der Waals surface area contributed by atoms with E-state index in [0.29, 0.717) is 0 Å². The number of aryl methyl sites for hydroxylation is 1. The van der Waals surface area contributed by atoms with Crippen molar-refractivity contribution in [2.45, 2.75) is 50.7 Å². The van der Waals surface area contributed by atoms with E-state index in [1.54, 1.807) is 0 Å². The summed E-state index contributed by atoms with van der Waals surface area (Å²) in [5.41, 5.74) is 1.43. The summed E-state index contributed by atoms with van der Waals surface area (Å²) in [5, 5.41) is 3.53. The molecule has 2 saturated heterocycles. The maximum atomic E-state index is 5.94. The second-order valence-electron chi connectivity index (χ2n) is 7.18. The van der Waals surface area contributed by atoms with E-state index in [4.69, 9.17) is 9.47 Å². The summed E-state index contributed by atoms with van der Waals surface area (Å²) in [6.07, 6.45) is 7.52. The number of rotatable bonds is 7. The largest absolute Gasteiger partial charge is 0.375 e. The molecule has 5 nitrogen and oxygen atoms in total. The fourth-order valence-corrected chi connectivity index (χ4v) is 3.80. The summed E-state index contributed by atoms with van der Waals surface area (Å²) in [5.74, 6) is 0.999. The first-order valence-corrected chi connectivity index (χ1v) is 10.1. The van der Waals surface area contributed by atoms with Gasteiger partial charge in [-0.3, -0.25) is 4.99 Å². The average Bonchev–Trinajstić information content (AvgIpc) is 3.23. The summed E-state index contributed by atoms with van der Waals surface area (Å²) < 4.78 is 11.7. The van der Waals surface area contributed by atoms with Crippen molar-refractivity contribution in [2.75, 3.05) is 39.9 Å². The van der Waals surface area contributed by atoms with Crippen LogP contribution in [0, 0.1) is 0 Å². The topological polar surface area (TPSA) is 46.1 Å². The number of halogens is 1. The molecule has 152 valence electrons. The van der Waals surface area contributed by atoms with Gasteiger partial charge in [0, 0.05) is 33.3 Å². The van der Waals surface area contributed by atoms with Crippen LogP contribution < -0.4 is 5.32 Å². The maximum Gasteiger partial charge on any atom is 0.193 e. The number of nitrogens with zero attached hydrogens (tertiary/aromatic N) is 2. The molecule has 2 unspecified atom stereocenters. The van der Waals surface area contributed by atoms with Crippen LogP contribution in [0.25, 0.3) is 0 Å². The first-order valence-electron chi connectivity index (χ1n) is 10.1. The van der Waals surface area contributed by atoms with Crippen LogP contribution in [-0.2, 0) is 15.9 Å². The molecular formula is C21H34IN3O2. The number of unbranched alkanes of at least 4 members (excludes halogenated alkanes) is 2. The molecular weight excluding hydrogens is 453 g/mol. The molecule has 2 aliphatic heterocycles. The summed E-state index contributed by atoms with van der Waals surface area (Å²) >= 11 is 0. The molecule has 2 fully saturated rings. The normalized spacial score (nSPS) is 23.1. The number of ether oxygens (including phenoxy) is 2. The Hall–Kier alpha value is -0.860. The number of hydrogen-bond acceptors (Lipinski definition) is 3. The highest BCUT2D eigenvalue weighted by atomic mass is 127. The number of guanidine groups is 1. The third kappa shape index (κ3) is 7.23. The molecule has 1 aromatic carbocycles. The molecule has 0 amide bonds. The molecule has 2 aliphatic rings. The lowest BCUT2D eigenvalue weighted by atomic mass is 10.1. The van der Waals surface area contributed by atoms with E-state index in [2.05, 4.69) is 45.5 Å². The Morgan fingerprint density at radius 2 is 1.93 bits per heavy atom. The number of benzene rings is 1. The van der Waals surface area contributed by atoms with Gasteiger partial charge in [0.05, 0.1) is 12.7 Å². The van der Waals surface area contributed by atoms with Gasteiger partial charge in [0.25, 0.3) is 0 Å². The van der Waals surface area contributed by atoms with E-state index in [-0.39, 0.29) is 36.2 Å². The zero-order valence-corrected chi connectivity index (χ0v) is 18.8. The Balaban J connectivity index is 0.00000261. The number of nitrogens with one attached hydrogen (secondary N) is 1. The van der Waals surface area contributed by atoms with Crippen molar-refractivity contribution in [2.24, 2.45) is 4.99 Å². The molecule has 0 aliphatic carbocycles. The molecule has 0 spiro atoms. The van der Waals surface area contributed by atoms with Crippen LogP contribution in [-0.4, -0.2) is 63.0 Å². The van der Waals surface area contributed by atoms with Crippen molar-refractivity contribution in [3.63, 3.8) is 0 Å². The van der Waals surface area contributed by atoms with Gasteiger partial charge in [0.1, 0.15) is 6.10 Å². The van der Waals surface area contributed by atoms with E-state index >= 15 is 0 Å². The van der Waals surface area contributed by atoms with Crippen molar-refractivity contribution >= 4 is 29.9 Å². The minimum atomic E-state index is 0. The van der Waals surface area contributed by atoms with Crippen molar-refractivity contribution in [1.29, 1.82) is 0 Å². The molecule has 0 aromatic heterocycles. The average molecular weight is 487 g/mol. The van der Waals surface area contributed by atoms with Crippen LogP contribution in [0.2, 0.25) is 0 Å². The van der Waals surface area contributed by atoms with Crippen LogP contribution in [0.4, 0.5) is 0 Å². The Bertz CT molecular complexity index is 550. The fraction of sp³-hybridized carbons (Fsp3) is 0.667. The quantitative estimate of drug-likeness (QED) is 0.277. The van der Waals surface area contributed by atoms with Gasteiger partial charge < -0.3 is 19.7 Å². The molecule has 2 heterocycles. The Morgan fingerprint density at radius 3 is 2.67 bits per heavy atom. The first-order chi connectivity index (χ1) is 12.9. The molecule has 1 N–H and O–H groups in total. The molecule has 27 heavy (non-hydrogen) atoms. The summed E-state index contributed by atoms with van der Waals surface area (Å²) in [6.45, 7) is 4.38. The van der Waals surface area contributed by atoms with E-state index in [1.807, 2.05) is 7.05 Å². The monoisotopic (exact) mass is 487 g/mol. The second kappa shape index (κ2) is 12.6. The molecule has 0 radical (unpaired) electrons. The lowest BCUT2D eigenvalue weighted by Gasteiger charge is -2.37.